The first kappa shape index (κ1) is 14.1. The van der Waals surface area contributed by atoms with Crippen molar-refractivity contribution in [3.8, 4) is 0 Å². The molecule has 5 heteroatoms. The second-order valence-corrected chi connectivity index (χ2v) is 5.31. The van der Waals surface area contributed by atoms with Crippen LogP contribution in [0.1, 0.15) is 54.6 Å². The van der Waals surface area contributed by atoms with Crippen molar-refractivity contribution in [2.75, 3.05) is 13.1 Å². The van der Waals surface area contributed by atoms with Crippen molar-refractivity contribution < 1.29 is 4.79 Å². The Morgan fingerprint density at radius 3 is 2.68 bits per heavy atom. The van der Waals surface area contributed by atoms with E-state index in [9.17, 15) is 4.79 Å². The first-order chi connectivity index (χ1) is 9.27. The number of carbonyl (C=O) groups is 1. The second kappa shape index (κ2) is 7.28. The highest BCUT2D eigenvalue weighted by molar-refractivity contribution is 5.94. The summed E-state index contributed by atoms with van der Waals surface area (Å²) in [4.78, 5) is 11.8. The summed E-state index contributed by atoms with van der Waals surface area (Å²) in [5, 5.41) is 13.1. The van der Waals surface area contributed by atoms with Crippen LogP contribution in [0.15, 0.2) is 6.20 Å². The van der Waals surface area contributed by atoms with Gasteiger partial charge in [-0.3, -0.25) is 9.89 Å². The summed E-state index contributed by atoms with van der Waals surface area (Å²) in [6.45, 7) is 3.36. The highest BCUT2D eigenvalue weighted by Gasteiger charge is 2.12. The van der Waals surface area contributed by atoms with Crippen LogP contribution in [0.25, 0.3) is 0 Å². The summed E-state index contributed by atoms with van der Waals surface area (Å²) < 4.78 is 0. The van der Waals surface area contributed by atoms with Crippen LogP contribution in [0.2, 0.25) is 0 Å². The lowest BCUT2D eigenvalue weighted by molar-refractivity contribution is 0.0953. The van der Waals surface area contributed by atoms with E-state index in [1.54, 1.807) is 6.20 Å². The van der Waals surface area contributed by atoms with Crippen molar-refractivity contribution in [1.29, 1.82) is 0 Å². The molecule has 1 aliphatic carbocycles. The molecule has 1 fully saturated rings. The van der Waals surface area contributed by atoms with Gasteiger partial charge in [-0.1, -0.05) is 25.7 Å². The zero-order valence-electron chi connectivity index (χ0n) is 11.7. The molecule has 0 unspecified atom stereocenters. The van der Waals surface area contributed by atoms with Gasteiger partial charge in [0.25, 0.3) is 5.91 Å². The molecule has 19 heavy (non-hydrogen) atoms. The van der Waals surface area contributed by atoms with E-state index in [1.165, 1.54) is 38.5 Å². The predicted molar refractivity (Wildman–Crippen MR) is 75.2 cm³/mol. The predicted octanol–water partition coefficient (Wildman–Crippen LogP) is 1.76. The molecule has 0 saturated heterocycles. The Bertz CT molecular complexity index is 394. The first-order valence-corrected chi connectivity index (χ1v) is 7.29. The van der Waals surface area contributed by atoms with E-state index in [1.807, 2.05) is 6.92 Å². The monoisotopic (exact) mass is 264 g/mol. The molecule has 3 N–H and O–H groups in total. The van der Waals surface area contributed by atoms with Crippen LogP contribution in [-0.2, 0) is 0 Å². The minimum absolute atomic E-state index is 0.0473. The molecule has 1 heterocycles. The third-order valence-electron chi connectivity index (χ3n) is 3.77. The van der Waals surface area contributed by atoms with Gasteiger partial charge in [0, 0.05) is 24.8 Å². The Kier molecular flexibility index (Phi) is 5.39. The smallest absolute Gasteiger partial charge is 0.254 e. The number of aromatic amines is 1. The van der Waals surface area contributed by atoms with E-state index in [4.69, 9.17) is 0 Å². The van der Waals surface area contributed by atoms with Gasteiger partial charge in [0.1, 0.15) is 0 Å². The molecule has 5 nitrogen and oxygen atoms in total. The van der Waals surface area contributed by atoms with Gasteiger partial charge in [0.15, 0.2) is 0 Å². The Balaban J connectivity index is 1.64. The summed E-state index contributed by atoms with van der Waals surface area (Å²) in [6, 6.07) is 0.634. The number of hydrogen-bond acceptors (Lipinski definition) is 3. The van der Waals surface area contributed by atoms with Gasteiger partial charge in [-0.2, -0.15) is 5.10 Å². The normalized spacial score (nSPS) is 17.1. The van der Waals surface area contributed by atoms with E-state index in [-0.39, 0.29) is 5.91 Å². The third-order valence-corrected chi connectivity index (χ3v) is 3.77. The van der Waals surface area contributed by atoms with E-state index >= 15 is 0 Å². The molecule has 106 valence electrons. The van der Waals surface area contributed by atoms with Crippen molar-refractivity contribution in [3.05, 3.63) is 17.5 Å². The third kappa shape index (κ3) is 4.35. The van der Waals surface area contributed by atoms with Crippen molar-refractivity contribution in [3.63, 3.8) is 0 Å². The Labute approximate surface area is 114 Å². The zero-order valence-corrected chi connectivity index (χ0v) is 11.7. The molecule has 1 amide bonds. The number of aryl methyl sites for hydroxylation is 1. The quantitative estimate of drug-likeness (QED) is 0.560. The lowest BCUT2D eigenvalue weighted by atomic mass is 10.1. The number of nitrogens with zero attached hydrogens (tertiary/aromatic N) is 1. The summed E-state index contributed by atoms with van der Waals surface area (Å²) in [7, 11) is 0. The minimum atomic E-state index is -0.0473. The number of nitrogens with one attached hydrogen (secondary N) is 3. The lowest BCUT2D eigenvalue weighted by Gasteiger charge is -2.16. The van der Waals surface area contributed by atoms with Crippen LogP contribution < -0.4 is 10.6 Å². The molecule has 0 aliphatic heterocycles. The Morgan fingerprint density at radius 1 is 1.32 bits per heavy atom. The number of carbonyl (C=O) groups excluding carboxylic acids is 1. The van der Waals surface area contributed by atoms with Gasteiger partial charge >= 0.3 is 0 Å². The molecular weight excluding hydrogens is 240 g/mol. The van der Waals surface area contributed by atoms with Crippen LogP contribution in [-0.4, -0.2) is 35.2 Å². The van der Waals surface area contributed by atoms with Crippen molar-refractivity contribution >= 4 is 5.91 Å². The van der Waals surface area contributed by atoms with Crippen LogP contribution >= 0.6 is 0 Å². The highest BCUT2D eigenvalue weighted by atomic mass is 16.1. The molecule has 0 spiro atoms. The van der Waals surface area contributed by atoms with Crippen LogP contribution in [0.3, 0.4) is 0 Å². The topological polar surface area (TPSA) is 69.8 Å². The molecule has 0 bridgehead atoms. The number of hydrogen-bond donors (Lipinski definition) is 3. The molecule has 1 aromatic heterocycles. The molecular formula is C14H24N4O. The van der Waals surface area contributed by atoms with Gasteiger partial charge in [-0.15, -0.1) is 0 Å². The maximum absolute atomic E-state index is 11.8. The largest absolute Gasteiger partial charge is 0.351 e. The van der Waals surface area contributed by atoms with Crippen molar-refractivity contribution in [1.82, 2.24) is 20.8 Å². The zero-order chi connectivity index (χ0) is 13.5. The van der Waals surface area contributed by atoms with Gasteiger partial charge in [-0.05, 0) is 19.8 Å². The van der Waals surface area contributed by atoms with Crippen LogP contribution in [0.5, 0.6) is 0 Å². The molecule has 2 rings (SSSR count). The summed E-state index contributed by atoms with van der Waals surface area (Å²) >= 11 is 0. The first-order valence-electron chi connectivity index (χ1n) is 7.29. The maximum atomic E-state index is 11.8. The van der Waals surface area contributed by atoms with Gasteiger partial charge in [-0.25, -0.2) is 0 Å². The number of amides is 1. The summed E-state index contributed by atoms with van der Waals surface area (Å²) in [5.41, 5.74) is 1.45. The number of rotatable bonds is 5. The SMILES string of the molecule is Cc1[nH]ncc1C(=O)NCCNC1CCCCCC1. The summed E-state index contributed by atoms with van der Waals surface area (Å²) in [5.74, 6) is -0.0473. The lowest BCUT2D eigenvalue weighted by Crippen LogP contribution is -2.36. The van der Waals surface area contributed by atoms with E-state index in [0.29, 0.717) is 18.2 Å². The fraction of sp³-hybridized carbons (Fsp3) is 0.714. The molecule has 1 aromatic rings. The minimum Gasteiger partial charge on any atom is -0.351 e. The maximum Gasteiger partial charge on any atom is 0.254 e. The van der Waals surface area contributed by atoms with Gasteiger partial charge < -0.3 is 10.6 Å². The summed E-state index contributed by atoms with van der Waals surface area (Å²) in [6.07, 6.45) is 9.52. The van der Waals surface area contributed by atoms with E-state index in [2.05, 4.69) is 20.8 Å². The highest BCUT2D eigenvalue weighted by Crippen LogP contribution is 2.16. The average Bonchev–Trinajstić information content (AvgIpc) is 2.68. The van der Waals surface area contributed by atoms with Crippen LogP contribution in [0, 0.1) is 6.92 Å². The molecule has 0 aromatic carbocycles. The fourth-order valence-corrected chi connectivity index (χ4v) is 2.61. The fourth-order valence-electron chi connectivity index (χ4n) is 2.61. The van der Waals surface area contributed by atoms with Crippen molar-refractivity contribution in [2.45, 2.75) is 51.5 Å². The Morgan fingerprint density at radius 2 is 2.05 bits per heavy atom. The van der Waals surface area contributed by atoms with E-state index < -0.39 is 0 Å². The van der Waals surface area contributed by atoms with Gasteiger partial charge in [0.05, 0.1) is 11.8 Å². The van der Waals surface area contributed by atoms with Crippen LogP contribution in [0.4, 0.5) is 0 Å². The molecule has 0 radical (unpaired) electrons. The Hall–Kier alpha value is -1.36. The number of aromatic nitrogens is 2. The van der Waals surface area contributed by atoms with Gasteiger partial charge in [0.2, 0.25) is 0 Å². The number of H-pyrrole nitrogens is 1. The molecule has 0 atom stereocenters. The average molecular weight is 264 g/mol. The standard InChI is InChI=1S/C14H24N4O/c1-11-13(10-17-18-11)14(19)16-9-8-15-12-6-4-2-3-5-7-12/h10,12,15H,2-9H2,1H3,(H,16,19)(H,17,18). The van der Waals surface area contributed by atoms with E-state index in [0.717, 1.165) is 12.2 Å². The molecule has 1 saturated carbocycles. The molecule has 1 aliphatic rings. The van der Waals surface area contributed by atoms with Crippen molar-refractivity contribution in [2.24, 2.45) is 0 Å². The second-order valence-electron chi connectivity index (χ2n) is 5.31.